The lowest BCUT2D eigenvalue weighted by Crippen LogP contribution is -2.33. The summed E-state index contributed by atoms with van der Waals surface area (Å²) in [4.78, 5) is 24.3. The molecule has 0 aromatic heterocycles. The molecule has 0 saturated carbocycles. The van der Waals surface area contributed by atoms with Crippen molar-refractivity contribution in [2.45, 2.75) is 39.2 Å². The van der Waals surface area contributed by atoms with E-state index in [1.807, 2.05) is 19.1 Å². The zero-order valence-corrected chi connectivity index (χ0v) is 11.3. The highest BCUT2D eigenvalue weighted by Crippen LogP contribution is 2.46. The SMILES string of the molecule is CC1=C2CCC(C)(O)c3ccc(C)c(c32)C(=O)C1=O. The molecule has 0 aliphatic heterocycles. The molecular formula is C16H16O3. The van der Waals surface area contributed by atoms with Crippen LogP contribution in [0.4, 0.5) is 0 Å². The van der Waals surface area contributed by atoms with E-state index in [9.17, 15) is 14.7 Å². The van der Waals surface area contributed by atoms with Crippen LogP contribution in [0.5, 0.6) is 0 Å². The van der Waals surface area contributed by atoms with Crippen LogP contribution in [0.2, 0.25) is 0 Å². The number of benzene rings is 1. The van der Waals surface area contributed by atoms with Gasteiger partial charge in [-0.3, -0.25) is 9.59 Å². The van der Waals surface area contributed by atoms with E-state index < -0.39 is 17.2 Å². The van der Waals surface area contributed by atoms with Crippen molar-refractivity contribution >= 4 is 17.1 Å². The van der Waals surface area contributed by atoms with E-state index >= 15 is 0 Å². The van der Waals surface area contributed by atoms with Crippen LogP contribution < -0.4 is 0 Å². The predicted molar refractivity (Wildman–Crippen MR) is 71.9 cm³/mol. The first kappa shape index (κ1) is 12.3. The molecule has 98 valence electrons. The number of aryl methyl sites for hydroxylation is 1. The van der Waals surface area contributed by atoms with Gasteiger partial charge in [0.2, 0.25) is 11.6 Å². The van der Waals surface area contributed by atoms with Crippen LogP contribution in [-0.2, 0) is 10.4 Å². The molecule has 1 aromatic rings. The van der Waals surface area contributed by atoms with Crippen LogP contribution in [0.15, 0.2) is 17.7 Å². The second-order valence-electron chi connectivity index (χ2n) is 5.72. The van der Waals surface area contributed by atoms with Gasteiger partial charge in [-0.25, -0.2) is 0 Å². The molecule has 0 heterocycles. The van der Waals surface area contributed by atoms with E-state index in [1.165, 1.54) is 0 Å². The van der Waals surface area contributed by atoms with Gasteiger partial charge in [-0.05, 0) is 55.9 Å². The topological polar surface area (TPSA) is 54.4 Å². The third-order valence-corrected chi connectivity index (χ3v) is 4.38. The Labute approximate surface area is 111 Å². The first-order valence-corrected chi connectivity index (χ1v) is 6.50. The summed E-state index contributed by atoms with van der Waals surface area (Å²) in [7, 11) is 0. The van der Waals surface area contributed by atoms with Gasteiger partial charge in [0.25, 0.3) is 0 Å². The molecule has 1 aromatic carbocycles. The molecule has 1 N–H and O–H groups in total. The number of Topliss-reactive ketones (excluding diaryl/α,β-unsaturated/α-hetero) is 2. The first-order valence-electron chi connectivity index (χ1n) is 6.50. The predicted octanol–water partition coefficient (Wildman–Crippen LogP) is 2.54. The average Bonchev–Trinajstić information content (AvgIpc) is 2.35. The normalized spacial score (nSPS) is 25.7. The molecule has 3 heteroatoms. The Morgan fingerprint density at radius 2 is 1.79 bits per heavy atom. The monoisotopic (exact) mass is 256 g/mol. The molecule has 2 aliphatic carbocycles. The van der Waals surface area contributed by atoms with Gasteiger partial charge >= 0.3 is 0 Å². The van der Waals surface area contributed by atoms with Gasteiger partial charge < -0.3 is 5.11 Å². The van der Waals surface area contributed by atoms with E-state index in [4.69, 9.17) is 0 Å². The second kappa shape index (κ2) is 3.64. The van der Waals surface area contributed by atoms with E-state index in [0.717, 1.165) is 22.3 Å². The maximum Gasteiger partial charge on any atom is 0.234 e. The molecule has 0 fully saturated rings. The van der Waals surface area contributed by atoms with Crippen LogP contribution in [-0.4, -0.2) is 16.7 Å². The van der Waals surface area contributed by atoms with Crippen molar-refractivity contribution in [2.24, 2.45) is 0 Å². The molecule has 0 amide bonds. The summed E-state index contributed by atoms with van der Waals surface area (Å²) in [6.45, 7) is 5.32. The highest BCUT2D eigenvalue weighted by molar-refractivity contribution is 6.52. The van der Waals surface area contributed by atoms with Crippen LogP contribution in [0.3, 0.4) is 0 Å². The Kier molecular flexibility index (Phi) is 2.36. The Morgan fingerprint density at radius 3 is 2.47 bits per heavy atom. The van der Waals surface area contributed by atoms with Gasteiger partial charge in [-0.1, -0.05) is 12.1 Å². The lowest BCUT2D eigenvalue weighted by Gasteiger charge is -2.36. The number of allylic oxidation sites excluding steroid dienone is 2. The molecule has 3 nitrogen and oxygen atoms in total. The summed E-state index contributed by atoms with van der Waals surface area (Å²) in [5.41, 5.74) is 3.42. The van der Waals surface area contributed by atoms with Crippen molar-refractivity contribution in [1.29, 1.82) is 0 Å². The third kappa shape index (κ3) is 1.48. The van der Waals surface area contributed by atoms with Crippen molar-refractivity contribution in [3.8, 4) is 0 Å². The number of hydrogen-bond acceptors (Lipinski definition) is 3. The van der Waals surface area contributed by atoms with Gasteiger partial charge in [0.15, 0.2) is 0 Å². The molecule has 0 bridgehead atoms. The fraction of sp³-hybridized carbons (Fsp3) is 0.375. The summed E-state index contributed by atoms with van der Waals surface area (Å²) >= 11 is 0. The summed E-state index contributed by atoms with van der Waals surface area (Å²) < 4.78 is 0. The molecule has 0 spiro atoms. The number of ketones is 2. The van der Waals surface area contributed by atoms with Gasteiger partial charge in [0.05, 0.1) is 5.60 Å². The Morgan fingerprint density at radius 1 is 1.11 bits per heavy atom. The maximum atomic E-state index is 12.2. The molecule has 0 saturated heterocycles. The van der Waals surface area contributed by atoms with Gasteiger partial charge in [-0.2, -0.15) is 0 Å². The van der Waals surface area contributed by atoms with E-state index in [2.05, 4.69) is 0 Å². The van der Waals surface area contributed by atoms with Crippen LogP contribution in [0.25, 0.3) is 5.57 Å². The number of hydrogen-bond donors (Lipinski definition) is 1. The van der Waals surface area contributed by atoms with E-state index in [-0.39, 0.29) is 0 Å². The minimum atomic E-state index is -0.928. The summed E-state index contributed by atoms with van der Waals surface area (Å²) in [6, 6.07) is 3.70. The standard InChI is InChI=1S/C16H16O3/c1-8-4-5-11-13-10(6-7-16(11,3)19)9(2)14(17)15(18)12(8)13/h4-5,19H,6-7H2,1-3H3. The lowest BCUT2D eigenvalue weighted by atomic mass is 9.70. The molecule has 1 unspecified atom stereocenters. The summed E-state index contributed by atoms with van der Waals surface area (Å²) in [5.74, 6) is -0.836. The van der Waals surface area contributed by atoms with Crippen LogP contribution >= 0.6 is 0 Å². The minimum Gasteiger partial charge on any atom is -0.385 e. The average molecular weight is 256 g/mol. The fourth-order valence-corrected chi connectivity index (χ4v) is 3.19. The van der Waals surface area contributed by atoms with Crippen molar-refractivity contribution < 1.29 is 14.7 Å². The second-order valence-corrected chi connectivity index (χ2v) is 5.72. The van der Waals surface area contributed by atoms with Crippen molar-refractivity contribution in [3.63, 3.8) is 0 Å². The molecule has 3 rings (SSSR count). The zero-order chi connectivity index (χ0) is 13.9. The number of carbonyl (C=O) groups is 2. The van der Waals surface area contributed by atoms with Crippen LogP contribution in [0.1, 0.15) is 53.7 Å². The minimum absolute atomic E-state index is 0.399. The van der Waals surface area contributed by atoms with Crippen LogP contribution in [0, 0.1) is 6.92 Å². The Balaban J connectivity index is 2.46. The molecule has 1 atom stereocenters. The first-order chi connectivity index (χ1) is 8.84. The van der Waals surface area contributed by atoms with E-state index in [0.29, 0.717) is 24.0 Å². The third-order valence-electron chi connectivity index (χ3n) is 4.38. The van der Waals surface area contributed by atoms with E-state index in [1.54, 1.807) is 13.8 Å². The van der Waals surface area contributed by atoms with Crippen molar-refractivity contribution in [3.05, 3.63) is 40.0 Å². The quantitative estimate of drug-likeness (QED) is 0.726. The smallest absolute Gasteiger partial charge is 0.234 e. The number of aliphatic hydroxyl groups is 1. The molecule has 2 aliphatic rings. The lowest BCUT2D eigenvalue weighted by molar-refractivity contribution is -0.111. The van der Waals surface area contributed by atoms with Crippen molar-refractivity contribution in [2.75, 3.05) is 0 Å². The number of rotatable bonds is 0. The van der Waals surface area contributed by atoms with Gasteiger partial charge in [0, 0.05) is 11.1 Å². The molecule has 0 radical (unpaired) electrons. The highest BCUT2D eigenvalue weighted by atomic mass is 16.3. The fourth-order valence-electron chi connectivity index (χ4n) is 3.19. The van der Waals surface area contributed by atoms with Gasteiger partial charge in [-0.15, -0.1) is 0 Å². The van der Waals surface area contributed by atoms with Gasteiger partial charge in [0.1, 0.15) is 0 Å². The number of carbonyl (C=O) groups excluding carboxylic acids is 2. The highest BCUT2D eigenvalue weighted by Gasteiger charge is 2.40. The Hall–Kier alpha value is -1.74. The summed E-state index contributed by atoms with van der Waals surface area (Å²) in [5, 5.41) is 10.5. The summed E-state index contributed by atoms with van der Waals surface area (Å²) in [6.07, 6.45) is 1.22. The largest absolute Gasteiger partial charge is 0.385 e. The molecular weight excluding hydrogens is 240 g/mol. The Bertz CT molecular complexity index is 663. The van der Waals surface area contributed by atoms with Crippen molar-refractivity contribution in [1.82, 2.24) is 0 Å². The maximum absolute atomic E-state index is 12.2. The zero-order valence-electron chi connectivity index (χ0n) is 11.3. The molecule has 19 heavy (non-hydrogen) atoms.